The van der Waals surface area contributed by atoms with E-state index in [1.54, 1.807) is 13.1 Å². The second-order valence-electron chi connectivity index (χ2n) is 5.03. The Kier molecular flexibility index (Phi) is 3.38. The molecule has 4 nitrogen and oxygen atoms in total. The minimum atomic E-state index is -3.26. The van der Waals surface area contributed by atoms with Crippen molar-refractivity contribution in [1.82, 2.24) is 5.32 Å². The number of nitrogens with one attached hydrogen (secondary N) is 2. The van der Waals surface area contributed by atoms with Gasteiger partial charge in [-0.2, -0.15) is 0 Å². The lowest BCUT2D eigenvalue weighted by Crippen LogP contribution is -2.47. The Hall–Kier alpha value is -1.07. The summed E-state index contributed by atoms with van der Waals surface area (Å²) in [5, 5.41) is 5.87. The quantitative estimate of drug-likeness (QED) is 0.853. The monoisotopic (exact) mass is 268 g/mol. The van der Waals surface area contributed by atoms with Gasteiger partial charge in [0.15, 0.2) is 9.84 Å². The van der Waals surface area contributed by atoms with E-state index in [1.807, 2.05) is 26.8 Å². The summed E-state index contributed by atoms with van der Waals surface area (Å²) in [4.78, 5) is 0.443. The Morgan fingerprint density at radius 3 is 2.61 bits per heavy atom. The average Bonchev–Trinajstić information content (AvgIpc) is 2.26. The van der Waals surface area contributed by atoms with E-state index in [4.69, 9.17) is 0 Å². The number of benzene rings is 1. The number of hydrogen-bond donors (Lipinski definition) is 2. The fourth-order valence-electron chi connectivity index (χ4n) is 2.58. The highest BCUT2D eigenvalue weighted by Crippen LogP contribution is 2.35. The van der Waals surface area contributed by atoms with Gasteiger partial charge in [0.25, 0.3) is 0 Å². The van der Waals surface area contributed by atoms with Crippen LogP contribution in [0.2, 0.25) is 0 Å². The van der Waals surface area contributed by atoms with Crippen LogP contribution in [0.4, 0.5) is 5.69 Å². The van der Waals surface area contributed by atoms with E-state index < -0.39 is 15.1 Å². The van der Waals surface area contributed by atoms with Crippen LogP contribution in [0, 0.1) is 13.8 Å². The highest BCUT2D eigenvalue weighted by atomic mass is 32.2. The molecule has 0 radical (unpaired) electrons. The number of aryl methyl sites for hydroxylation is 2. The molecule has 1 aliphatic rings. The Balaban J connectivity index is 2.63. The van der Waals surface area contributed by atoms with Crippen LogP contribution >= 0.6 is 0 Å². The van der Waals surface area contributed by atoms with Crippen molar-refractivity contribution >= 4 is 15.5 Å². The number of fused-ring (bicyclic) bond motifs is 1. The maximum absolute atomic E-state index is 12.6. The van der Waals surface area contributed by atoms with Crippen molar-refractivity contribution in [2.75, 3.05) is 18.9 Å². The molecule has 0 saturated heterocycles. The minimum absolute atomic E-state index is 0.0867. The number of rotatable bonds is 2. The normalized spacial score (nSPS) is 25.3. The highest BCUT2D eigenvalue weighted by molar-refractivity contribution is 7.92. The maximum Gasteiger partial charge on any atom is 0.186 e. The smallest absolute Gasteiger partial charge is 0.186 e. The fraction of sp³-hybridized carbons (Fsp3) is 0.538. The van der Waals surface area contributed by atoms with Gasteiger partial charge >= 0.3 is 0 Å². The molecule has 1 aromatic rings. The van der Waals surface area contributed by atoms with E-state index in [0.29, 0.717) is 11.4 Å². The molecule has 0 aromatic heterocycles. The molecule has 5 heteroatoms. The molecular weight excluding hydrogens is 248 g/mol. The molecule has 2 N–H and O–H groups in total. The van der Waals surface area contributed by atoms with Crippen molar-refractivity contribution in [3.8, 4) is 0 Å². The van der Waals surface area contributed by atoms with Gasteiger partial charge in [0, 0.05) is 12.6 Å². The third-order valence-electron chi connectivity index (χ3n) is 3.48. The molecule has 2 rings (SSSR count). The van der Waals surface area contributed by atoms with Gasteiger partial charge in [-0.25, -0.2) is 8.42 Å². The van der Waals surface area contributed by atoms with Crippen LogP contribution in [-0.4, -0.2) is 33.3 Å². The molecule has 18 heavy (non-hydrogen) atoms. The molecule has 2 atom stereocenters. The van der Waals surface area contributed by atoms with Crippen LogP contribution in [0.1, 0.15) is 18.1 Å². The van der Waals surface area contributed by atoms with Crippen LogP contribution in [0.15, 0.2) is 17.0 Å². The largest absolute Gasteiger partial charge is 0.380 e. The minimum Gasteiger partial charge on any atom is -0.380 e. The third-order valence-corrected chi connectivity index (χ3v) is 5.79. The second-order valence-corrected chi connectivity index (χ2v) is 7.16. The zero-order valence-corrected chi connectivity index (χ0v) is 12.1. The van der Waals surface area contributed by atoms with Crippen molar-refractivity contribution in [3.63, 3.8) is 0 Å². The zero-order chi connectivity index (χ0) is 13.5. The first-order chi connectivity index (χ1) is 8.37. The first-order valence-corrected chi connectivity index (χ1v) is 7.69. The molecular formula is C13H20N2O2S. The van der Waals surface area contributed by atoms with E-state index in [1.165, 1.54) is 0 Å². The number of sulfone groups is 1. The van der Waals surface area contributed by atoms with Crippen molar-refractivity contribution in [1.29, 1.82) is 0 Å². The van der Waals surface area contributed by atoms with Crippen molar-refractivity contribution in [2.24, 2.45) is 0 Å². The molecule has 1 heterocycles. The molecule has 2 unspecified atom stereocenters. The highest BCUT2D eigenvalue weighted by Gasteiger charge is 2.38. The predicted octanol–water partition coefficient (Wildman–Crippen LogP) is 1.48. The van der Waals surface area contributed by atoms with Gasteiger partial charge in [-0.15, -0.1) is 0 Å². The number of anilines is 1. The summed E-state index contributed by atoms with van der Waals surface area (Å²) < 4.78 is 25.3. The van der Waals surface area contributed by atoms with Crippen LogP contribution in [0.3, 0.4) is 0 Å². The summed E-state index contributed by atoms with van der Waals surface area (Å²) in [7, 11) is -1.49. The van der Waals surface area contributed by atoms with Crippen LogP contribution in [-0.2, 0) is 9.84 Å². The molecule has 0 saturated carbocycles. The second kappa shape index (κ2) is 4.55. The molecule has 0 spiro atoms. The molecule has 0 bridgehead atoms. The topological polar surface area (TPSA) is 58.2 Å². The summed E-state index contributed by atoms with van der Waals surface area (Å²) in [6, 6.07) is 3.68. The lowest BCUT2D eigenvalue weighted by Gasteiger charge is -2.33. The number of hydrogen-bond acceptors (Lipinski definition) is 4. The third kappa shape index (κ3) is 2.01. The summed E-state index contributed by atoms with van der Waals surface area (Å²) in [5.41, 5.74) is 2.73. The van der Waals surface area contributed by atoms with Gasteiger partial charge in [0.2, 0.25) is 0 Å². The van der Waals surface area contributed by atoms with E-state index in [2.05, 4.69) is 10.6 Å². The Morgan fingerprint density at radius 2 is 2.00 bits per heavy atom. The van der Waals surface area contributed by atoms with Crippen molar-refractivity contribution < 1.29 is 8.42 Å². The fourth-order valence-corrected chi connectivity index (χ4v) is 4.75. The van der Waals surface area contributed by atoms with E-state index >= 15 is 0 Å². The molecule has 0 aliphatic carbocycles. The van der Waals surface area contributed by atoms with E-state index in [-0.39, 0.29) is 6.04 Å². The summed E-state index contributed by atoms with van der Waals surface area (Å²) in [5.74, 6) is 0. The summed E-state index contributed by atoms with van der Waals surface area (Å²) >= 11 is 0. The lowest BCUT2D eigenvalue weighted by atomic mass is 10.1. The van der Waals surface area contributed by atoms with Crippen LogP contribution in [0.25, 0.3) is 0 Å². The standard InChI is InChI=1S/C13H20N2O2S/c1-8-5-9(2)13-11(6-8)18(16,17)12(7-14-4)10(3)15-13/h5-6,10,12,14-15H,7H2,1-4H3. The van der Waals surface area contributed by atoms with Gasteiger partial charge in [0.1, 0.15) is 0 Å². The van der Waals surface area contributed by atoms with Crippen molar-refractivity contribution in [2.45, 2.75) is 37.0 Å². The first-order valence-electron chi connectivity index (χ1n) is 6.14. The average molecular weight is 268 g/mol. The Bertz CT molecular complexity index is 567. The molecule has 1 aromatic carbocycles. The lowest BCUT2D eigenvalue weighted by molar-refractivity contribution is 0.549. The van der Waals surface area contributed by atoms with E-state index in [9.17, 15) is 8.42 Å². The summed E-state index contributed by atoms with van der Waals surface area (Å²) in [6.45, 7) is 6.25. The molecule has 1 aliphatic heterocycles. The van der Waals surface area contributed by atoms with Gasteiger partial charge in [-0.05, 0) is 45.0 Å². The van der Waals surface area contributed by atoms with Crippen molar-refractivity contribution in [3.05, 3.63) is 23.3 Å². The molecule has 0 fully saturated rings. The SMILES string of the molecule is CNCC1C(C)Nc2c(C)cc(C)cc2S1(=O)=O. The van der Waals surface area contributed by atoms with Gasteiger partial charge < -0.3 is 10.6 Å². The maximum atomic E-state index is 12.6. The zero-order valence-electron chi connectivity index (χ0n) is 11.2. The van der Waals surface area contributed by atoms with Gasteiger partial charge in [0.05, 0.1) is 15.8 Å². The molecule has 0 amide bonds. The Morgan fingerprint density at radius 1 is 1.33 bits per heavy atom. The van der Waals surface area contributed by atoms with Gasteiger partial charge in [-0.1, -0.05) is 6.07 Å². The van der Waals surface area contributed by atoms with E-state index in [0.717, 1.165) is 16.8 Å². The van der Waals surface area contributed by atoms with Gasteiger partial charge in [-0.3, -0.25) is 0 Å². The Labute approximate surface area is 109 Å². The predicted molar refractivity (Wildman–Crippen MR) is 73.9 cm³/mol. The van der Waals surface area contributed by atoms with Crippen LogP contribution < -0.4 is 10.6 Å². The first kappa shape index (κ1) is 13.4. The molecule has 100 valence electrons. The van der Waals surface area contributed by atoms with Crippen LogP contribution in [0.5, 0.6) is 0 Å². The summed E-state index contributed by atoms with van der Waals surface area (Å²) in [6.07, 6.45) is 0.